The molecule has 2 heterocycles. The molecule has 1 fully saturated rings. The molecule has 0 aromatic heterocycles. The van der Waals surface area contributed by atoms with E-state index < -0.39 is 35.7 Å². The number of carbonyl (C=O) groups excluding carboxylic acids is 2. The molecular formula is C20H24O8. The van der Waals surface area contributed by atoms with Crippen molar-refractivity contribution in [1.82, 2.24) is 0 Å². The summed E-state index contributed by atoms with van der Waals surface area (Å²) in [4.78, 5) is 24.5. The van der Waals surface area contributed by atoms with Crippen molar-refractivity contribution >= 4 is 18.0 Å². The number of ether oxygens (including phenoxy) is 5. The van der Waals surface area contributed by atoms with Gasteiger partial charge in [-0.05, 0) is 24.6 Å². The molecule has 8 nitrogen and oxygen atoms in total. The number of hydrogen-bond acceptors (Lipinski definition) is 8. The smallest absolute Gasteiger partial charge is 0.348 e. The van der Waals surface area contributed by atoms with Crippen LogP contribution in [0.15, 0.2) is 17.9 Å². The molecule has 2 aliphatic heterocycles. The van der Waals surface area contributed by atoms with Crippen molar-refractivity contribution < 1.29 is 38.4 Å². The number of aliphatic hydroxyl groups is 1. The number of aliphatic hydroxyl groups excluding tert-OH is 1. The number of carbonyl (C=O) groups is 2. The van der Waals surface area contributed by atoms with E-state index in [1.807, 2.05) is 0 Å². The standard InChI is InChI=1S/C20H24O8/c1-10(17(21)28-16-19(23)26-9-20(16,2)3)13-7-11-6-12(24-4)8-14(25-5)15(11)18(22)27-13/h6-8,10,16,18,22H,9H2,1-5H3/t10-,16+,18?/m1/s1. The van der Waals surface area contributed by atoms with Gasteiger partial charge >= 0.3 is 11.9 Å². The van der Waals surface area contributed by atoms with Gasteiger partial charge in [0.05, 0.1) is 19.8 Å². The van der Waals surface area contributed by atoms with E-state index >= 15 is 0 Å². The van der Waals surface area contributed by atoms with E-state index in [1.54, 1.807) is 39.0 Å². The molecule has 0 aliphatic carbocycles. The normalized spacial score (nSPS) is 23.6. The van der Waals surface area contributed by atoms with Crippen LogP contribution in [0.3, 0.4) is 0 Å². The van der Waals surface area contributed by atoms with Gasteiger partial charge < -0.3 is 28.8 Å². The third kappa shape index (κ3) is 3.52. The molecule has 3 atom stereocenters. The van der Waals surface area contributed by atoms with Gasteiger partial charge in [0.2, 0.25) is 12.4 Å². The quantitative estimate of drug-likeness (QED) is 0.761. The molecule has 2 aliphatic rings. The molecule has 8 heteroatoms. The van der Waals surface area contributed by atoms with Crippen molar-refractivity contribution in [3.8, 4) is 11.5 Å². The monoisotopic (exact) mass is 392 g/mol. The van der Waals surface area contributed by atoms with Crippen LogP contribution >= 0.6 is 0 Å². The van der Waals surface area contributed by atoms with Gasteiger partial charge in [-0.3, -0.25) is 4.79 Å². The molecule has 1 N–H and O–H groups in total. The lowest BCUT2D eigenvalue weighted by Crippen LogP contribution is -2.37. The highest BCUT2D eigenvalue weighted by Gasteiger charge is 2.47. The first-order valence-corrected chi connectivity index (χ1v) is 8.87. The Morgan fingerprint density at radius 1 is 1.29 bits per heavy atom. The average Bonchev–Trinajstić information content (AvgIpc) is 2.92. The van der Waals surface area contributed by atoms with Crippen LogP contribution in [0.5, 0.6) is 11.5 Å². The molecule has 152 valence electrons. The Labute approximate surface area is 163 Å². The van der Waals surface area contributed by atoms with Crippen LogP contribution in [0.1, 0.15) is 38.2 Å². The molecule has 1 saturated heterocycles. The summed E-state index contributed by atoms with van der Waals surface area (Å²) in [6.07, 6.45) is -0.681. The van der Waals surface area contributed by atoms with Crippen LogP contribution in [-0.4, -0.2) is 44.0 Å². The van der Waals surface area contributed by atoms with E-state index in [4.69, 9.17) is 23.7 Å². The highest BCUT2D eigenvalue weighted by molar-refractivity contribution is 5.84. The van der Waals surface area contributed by atoms with E-state index in [1.165, 1.54) is 14.2 Å². The Morgan fingerprint density at radius 3 is 2.57 bits per heavy atom. The van der Waals surface area contributed by atoms with Crippen molar-refractivity contribution in [2.24, 2.45) is 11.3 Å². The van der Waals surface area contributed by atoms with Gasteiger partial charge in [0.1, 0.15) is 29.8 Å². The summed E-state index contributed by atoms with van der Waals surface area (Å²) in [5.74, 6) is -0.903. The molecule has 1 aromatic carbocycles. The minimum Gasteiger partial charge on any atom is -0.497 e. The Bertz CT molecular complexity index is 826. The summed E-state index contributed by atoms with van der Waals surface area (Å²) in [5, 5.41) is 10.4. The van der Waals surface area contributed by atoms with Crippen LogP contribution < -0.4 is 9.47 Å². The fourth-order valence-corrected chi connectivity index (χ4v) is 3.16. The zero-order valence-corrected chi connectivity index (χ0v) is 16.5. The lowest BCUT2D eigenvalue weighted by atomic mass is 9.89. The minimum absolute atomic E-state index is 0.184. The van der Waals surface area contributed by atoms with Crippen molar-refractivity contribution in [3.05, 3.63) is 29.0 Å². The molecule has 0 spiro atoms. The first kappa shape index (κ1) is 20.0. The second kappa shape index (κ2) is 7.35. The van der Waals surface area contributed by atoms with E-state index in [-0.39, 0.29) is 12.4 Å². The minimum atomic E-state index is -1.32. The van der Waals surface area contributed by atoms with Gasteiger partial charge in [0, 0.05) is 11.5 Å². The summed E-state index contributed by atoms with van der Waals surface area (Å²) in [7, 11) is 2.99. The van der Waals surface area contributed by atoms with Gasteiger partial charge in [-0.1, -0.05) is 13.8 Å². The van der Waals surface area contributed by atoms with Crippen molar-refractivity contribution in [3.63, 3.8) is 0 Å². The number of esters is 2. The van der Waals surface area contributed by atoms with Crippen LogP contribution in [0.4, 0.5) is 0 Å². The lowest BCUT2D eigenvalue weighted by Gasteiger charge is -2.28. The van der Waals surface area contributed by atoms with Crippen LogP contribution in [-0.2, 0) is 23.8 Å². The van der Waals surface area contributed by atoms with E-state index in [2.05, 4.69) is 0 Å². The summed E-state index contributed by atoms with van der Waals surface area (Å²) >= 11 is 0. The lowest BCUT2D eigenvalue weighted by molar-refractivity contribution is -0.167. The van der Waals surface area contributed by atoms with Gasteiger partial charge in [-0.25, -0.2) is 4.79 Å². The number of benzene rings is 1. The average molecular weight is 392 g/mol. The number of methoxy groups -OCH3 is 2. The number of hydrogen-bond donors (Lipinski definition) is 1. The fraction of sp³-hybridized carbons (Fsp3) is 0.500. The van der Waals surface area contributed by atoms with Crippen LogP contribution in [0.2, 0.25) is 0 Å². The van der Waals surface area contributed by atoms with Crippen molar-refractivity contribution in [2.45, 2.75) is 33.2 Å². The van der Waals surface area contributed by atoms with Gasteiger partial charge in [-0.2, -0.15) is 0 Å². The van der Waals surface area contributed by atoms with Crippen LogP contribution in [0, 0.1) is 11.3 Å². The molecule has 0 bridgehead atoms. The zero-order valence-electron chi connectivity index (χ0n) is 16.5. The Kier molecular flexibility index (Phi) is 5.25. The van der Waals surface area contributed by atoms with Crippen molar-refractivity contribution in [2.75, 3.05) is 20.8 Å². The molecule has 0 saturated carbocycles. The molecule has 0 radical (unpaired) electrons. The Balaban J connectivity index is 1.87. The molecule has 28 heavy (non-hydrogen) atoms. The number of cyclic esters (lactones) is 1. The van der Waals surface area contributed by atoms with E-state index in [0.29, 0.717) is 22.6 Å². The third-order valence-corrected chi connectivity index (χ3v) is 4.92. The summed E-state index contributed by atoms with van der Waals surface area (Å²) in [5.41, 5.74) is 0.430. The number of fused-ring (bicyclic) bond motifs is 1. The molecular weight excluding hydrogens is 368 g/mol. The fourth-order valence-electron chi connectivity index (χ4n) is 3.16. The molecule has 1 aromatic rings. The summed E-state index contributed by atoms with van der Waals surface area (Å²) in [6, 6.07) is 3.34. The predicted molar refractivity (Wildman–Crippen MR) is 97.4 cm³/mol. The maximum Gasteiger partial charge on any atom is 0.348 e. The molecule has 0 amide bonds. The van der Waals surface area contributed by atoms with E-state index in [0.717, 1.165) is 0 Å². The molecule has 3 rings (SSSR count). The second-order valence-corrected chi connectivity index (χ2v) is 7.48. The maximum absolute atomic E-state index is 12.6. The Hall–Kier alpha value is -2.74. The first-order valence-electron chi connectivity index (χ1n) is 8.87. The largest absolute Gasteiger partial charge is 0.497 e. The third-order valence-electron chi connectivity index (χ3n) is 4.92. The van der Waals surface area contributed by atoms with Gasteiger partial charge in [-0.15, -0.1) is 0 Å². The second-order valence-electron chi connectivity index (χ2n) is 7.48. The topological polar surface area (TPSA) is 101 Å². The highest BCUT2D eigenvalue weighted by Crippen LogP contribution is 2.41. The summed E-state index contributed by atoms with van der Waals surface area (Å²) < 4.78 is 26.5. The van der Waals surface area contributed by atoms with Gasteiger partial charge in [0.15, 0.2) is 0 Å². The summed E-state index contributed by atoms with van der Waals surface area (Å²) in [6.45, 7) is 5.34. The zero-order chi connectivity index (χ0) is 20.6. The highest BCUT2D eigenvalue weighted by atomic mass is 16.6. The first-order chi connectivity index (χ1) is 13.2. The predicted octanol–water partition coefficient (Wildman–Crippen LogP) is 2.20. The maximum atomic E-state index is 12.6. The van der Waals surface area contributed by atoms with E-state index in [9.17, 15) is 14.7 Å². The SMILES string of the molecule is COc1cc2c(c(OC)c1)C(O)OC([C@@H](C)C(=O)O[C@H]1C(=O)OCC1(C)C)=C2. The number of rotatable bonds is 5. The Morgan fingerprint density at radius 2 is 2.00 bits per heavy atom. The van der Waals surface area contributed by atoms with Gasteiger partial charge in [0.25, 0.3) is 0 Å². The molecule has 1 unspecified atom stereocenters. The van der Waals surface area contributed by atoms with Crippen LogP contribution in [0.25, 0.3) is 6.08 Å². The van der Waals surface area contributed by atoms with Crippen molar-refractivity contribution in [1.29, 1.82) is 0 Å².